The van der Waals surface area contributed by atoms with E-state index in [1.165, 1.54) is 25.7 Å². The number of carbonyl (C=O) groups is 1. The number of para-hydroxylation sites is 2. The van der Waals surface area contributed by atoms with Crippen LogP contribution in [0.15, 0.2) is 24.3 Å². The van der Waals surface area contributed by atoms with E-state index in [9.17, 15) is 4.79 Å². The quantitative estimate of drug-likeness (QED) is 0.680. The number of unbranched alkanes of at least 4 members (excludes halogenated alkanes) is 4. The number of Topliss-reactive ketones (excluding diaryl/α,β-unsaturated/α-hetero) is 1. The lowest BCUT2D eigenvalue weighted by Crippen LogP contribution is -2.07. The van der Waals surface area contributed by atoms with Crippen LogP contribution in [0.3, 0.4) is 0 Å². The number of aryl methyl sites for hydroxylation is 1. The van der Waals surface area contributed by atoms with Crippen LogP contribution in [0.1, 0.15) is 51.3 Å². The zero-order valence-electron chi connectivity index (χ0n) is 12.6. The van der Waals surface area contributed by atoms with E-state index in [2.05, 4.69) is 11.9 Å². The average molecular weight is 272 g/mol. The minimum Gasteiger partial charge on any atom is -0.331 e. The molecule has 2 aromatic rings. The maximum Gasteiger partial charge on any atom is 0.140 e. The Bertz CT molecular complexity index is 571. The van der Waals surface area contributed by atoms with Crippen molar-refractivity contribution in [3.05, 3.63) is 30.1 Å². The molecular formula is C17H24N2O. The molecule has 0 bridgehead atoms. The molecule has 0 saturated carbocycles. The van der Waals surface area contributed by atoms with Gasteiger partial charge in [-0.1, -0.05) is 44.7 Å². The molecule has 1 heterocycles. The van der Waals surface area contributed by atoms with Gasteiger partial charge in [0.05, 0.1) is 17.5 Å². The summed E-state index contributed by atoms with van der Waals surface area (Å²) < 4.78 is 2.03. The van der Waals surface area contributed by atoms with Crippen LogP contribution in [-0.4, -0.2) is 15.3 Å². The largest absolute Gasteiger partial charge is 0.331 e. The highest BCUT2D eigenvalue weighted by atomic mass is 16.1. The Balaban J connectivity index is 1.88. The van der Waals surface area contributed by atoms with Crippen LogP contribution in [0, 0.1) is 0 Å². The smallest absolute Gasteiger partial charge is 0.140 e. The van der Waals surface area contributed by atoms with Crippen LogP contribution < -0.4 is 0 Å². The van der Waals surface area contributed by atoms with Gasteiger partial charge in [-0.15, -0.1) is 0 Å². The van der Waals surface area contributed by atoms with E-state index in [0.717, 1.165) is 23.3 Å². The predicted octanol–water partition coefficient (Wildman–Crippen LogP) is 4.05. The number of benzene rings is 1. The zero-order valence-corrected chi connectivity index (χ0v) is 12.6. The predicted molar refractivity (Wildman–Crippen MR) is 82.8 cm³/mol. The first-order chi connectivity index (χ1) is 9.72. The number of ketones is 1. The van der Waals surface area contributed by atoms with Crippen molar-refractivity contribution in [2.24, 2.45) is 7.05 Å². The van der Waals surface area contributed by atoms with Crippen molar-refractivity contribution in [1.29, 1.82) is 0 Å². The summed E-state index contributed by atoms with van der Waals surface area (Å²) in [6.07, 6.45) is 7.10. The summed E-state index contributed by atoms with van der Waals surface area (Å²) in [5.74, 6) is 1.18. The van der Waals surface area contributed by atoms with Gasteiger partial charge in [0.1, 0.15) is 11.6 Å². The summed E-state index contributed by atoms with van der Waals surface area (Å²) in [6, 6.07) is 8.02. The summed E-state index contributed by atoms with van der Waals surface area (Å²) in [5.41, 5.74) is 2.07. The SMILES string of the molecule is CCCCCCCC(=O)Cc1nc2ccccc2n1C. The minimum atomic E-state index is 0.305. The van der Waals surface area contributed by atoms with Crippen LogP contribution in [0.4, 0.5) is 0 Å². The normalized spacial score (nSPS) is 11.1. The third-order valence-electron chi connectivity index (χ3n) is 3.79. The summed E-state index contributed by atoms with van der Waals surface area (Å²) >= 11 is 0. The minimum absolute atomic E-state index is 0.305. The van der Waals surface area contributed by atoms with E-state index in [1.54, 1.807) is 0 Å². The molecule has 3 nitrogen and oxygen atoms in total. The Morgan fingerprint density at radius 1 is 1.15 bits per heavy atom. The van der Waals surface area contributed by atoms with E-state index in [4.69, 9.17) is 0 Å². The second kappa shape index (κ2) is 7.22. The molecule has 0 radical (unpaired) electrons. The molecule has 0 amide bonds. The molecule has 0 aliphatic heterocycles. The number of carbonyl (C=O) groups excluding carboxylic acids is 1. The fraction of sp³-hybridized carbons (Fsp3) is 0.529. The molecule has 0 atom stereocenters. The van der Waals surface area contributed by atoms with Gasteiger partial charge >= 0.3 is 0 Å². The topological polar surface area (TPSA) is 34.9 Å². The molecule has 1 aromatic carbocycles. The van der Waals surface area contributed by atoms with E-state index < -0.39 is 0 Å². The summed E-state index contributed by atoms with van der Waals surface area (Å²) in [5, 5.41) is 0. The van der Waals surface area contributed by atoms with Crippen molar-refractivity contribution in [2.75, 3.05) is 0 Å². The lowest BCUT2D eigenvalue weighted by molar-refractivity contribution is -0.118. The zero-order chi connectivity index (χ0) is 14.4. The van der Waals surface area contributed by atoms with Crippen molar-refractivity contribution in [1.82, 2.24) is 9.55 Å². The third-order valence-corrected chi connectivity index (χ3v) is 3.79. The van der Waals surface area contributed by atoms with Gasteiger partial charge in [0, 0.05) is 13.5 Å². The highest BCUT2D eigenvalue weighted by Crippen LogP contribution is 2.15. The van der Waals surface area contributed by atoms with E-state index in [1.807, 2.05) is 35.9 Å². The Kier molecular flexibility index (Phi) is 5.33. The molecule has 0 fully saturated rings. The van der Waals surface area contributed by atoms with Gasteiger partial charge < -0.3 is 4.57 Å². The van der Waals surface area contributed by atoms with Crippen LogP contribution in [0.5, 0.6) is 0 Å². The van der Waals surface area contributed by atoms with Crippen LogP contribution in [0.2, 0.25) is 0 Å². The van der Waals surface area contributed by atoms with Crippen molar-refractivity contribution in [3.63, 3.8) is 0 Å². The number of aromatic nitrogens is 2. The highest BCUT2D eigenvalue weighted by Gasteiger charge is 2.11. The molecule has 3 heteroatoms. The Labute approximate surface area is 121 Å². The molecule has 108 valence electrons. The maximum absolute atomic E-state index is 12.0. The van der Waals surface area contributed by atoms with Gasteiger partial charge in [0.2, 0.25) is 0 Å². The summed E-state index contributed by atoms with van der Waals surface area (Å²) in [4.78, 5) is 16.6. The molecule has 0 spiro atoms. The first kappa shape index (κ1) is 14.8. The molecule has 0 aliphatic carbocycles. The number of hydrogen-bond donors (Lipinski definition) is 0. The van der Waals surface area contributed by atoms with Crippen LogP contribution >= 0.6 is 0 Å². The van der Waals surface area contributed by atoms with Crippen molar-refractivity contribution in [2.45, 2.75) is 51.9 Å². The monoisotopic (exact) mass is 272 g/mol. The molecule has 2 rings (SSSR count). The molecule has 20 heavy (non-hydrogen) atoms. The van der Waals surface area contributed by atoms with E-state index >= 15 is 0 Å². The fourth-order valence-corrected chi connectivity index (χ4v) is 2.54. The average Bonchev–Trinajstić information content (AvgIpc) is 2.76. The Morgan fingerprint density at radius 2 is 1.90 bits per heavy atom. The van der Waals surface area contributed by atoms with Gasteiger partial charge in [-0.2, -0.15) is 0 Å². The summed E-state index contributed by atoms with van der Waals surface area (Å²) in [7, 11) is 1.99. The first-order valence-corrected chi connectivity index (χ1v) is 7.64. The van der Waals surface area contributed by atoms with E-state index in [0.29, 0.717) is 18.6 Å². The van der Waals surface area contributed by atoms with Crippen molar-refractivity contribution < 1.29 is 4.79 Å². The van der Waals surface area contributed by atoms with Gasteiger partial charge in [-0.3, -0.25) is 4.79 Å². The number of imidazole rings is 1. The van der Waals surface area contributed by atoms with Crippen LogP contribution in [-0.2, 0) is 18.3 Å². The lowest BCUT2D eigenvalue weighted by Gasteiger charge is -2.02. The summed E-state index contributed by atoms with van der Waals surface area (Å²) in [6.45, 7) is 2.21. The molecular weight excluding hydrogens is 248 g/mol. The standard InChI is InChI=1S/C17H24N2O/c1-3-4-5-6-7-10-14(20)13-17-18-15-11-8-9-12-16(15)19(17)2/h8-9,11-12H,3-7,10,13H2,1-2H3. The second-order valence-electron chi connectivity index (χ2n) is 5.46. The van der Waals surface area contributed by atoms with Gasteiger partial charge in [-0.25, -0.2) is 4.98 Å². The molecule has 1 aromatic heterocycles. The molecule has 0 aliphatic rings. The number of fused-ring (bicyclic) bond motifs is 1. The maximum atomic E-state index is 12.0. The lowest BCUT2D eigenvalue weighted by atomic mass is 10.1. The van der Waals surface area contributed by atoms with Crippen LogP contribution in [0.25, 0.3) is 11.0 Å². The van der Waals surface area contributed by atoms with Crippen molar-refractivity contribution >= 4 is 16.8 Å². The van der Waals surface area contributed by atoms with Gasteiger partial charge in [0.25, 0.3) is 0 Å². The first-order valence-electron chi connectivity index (χ1n) is 7.64. The number of rotatable bonds is 8. The fourth-order valence-electron chi connectivity index (χ4n) is 2.54. The molecule has 0 saturated heterocycles. The van der Waals surface area contributed by atoms with E-state index in [-0.39, 0.29) is 0 Å². The van der Waals surface area contributed by atoms with Gasteiger partial charge in [-0.05, 0) is 18.6 Å². The second-order valence-corrected chi connectivity index (χ2v) is 5.46. The molecule has 0 N–H and O–H groups in total. The van der Waals surface area contributed by atoms with Crippen molar-refractivity contribution in [3.8, 4) is 0 Å². The number of hydrogen-bond acceptors (Lipinski definition) is 2. The Morgan fingerprint density at radius 3 is 2.65 bits per heavy atom. The Hall–Kier alpha value is -1.64. The highest BCUT2D eigenvalue weighted by molar-refractivity contribution is 5.82. The number of nitrogens with zero attached hydrogens (tertiary/aromatic N) is 2. The van der Waals surface area contributed by atoms with Gasteiger partial charge in [0.15, 0.2) is 0 Å². The molecule has 0 unspecified atom stereocenters. The third kappa shape index (κ3) is 3.69.